The van der Waals surface area contributed by atoms with Gasteiger partial charge in [-0.15, -0.1) is 0 Å². The number of fused-ring (bicyclic) bond motifs is 2. The van der Waals surface area contributed by atoms with Gasteiger partial charge in [0, 0.05) is 47.6 Å². The number of esters is 1. The second-order valence-electron chi connectivity index (χ2n) is 10.1. The van der Waals surface area contributed by atoms with Gasteiger partial charge in [-0.3, -0.25) is 9.59 Å². The summed E-state index contributed by atoms with van der Waals surface area (Å²) in [5.74, 6) is 0.780. The smallest absolute Gasteiger partial charge is 0.336 e. The van der Waals surface area contributed by atoms with Crippen molar-refractivity contribution in [3.05, 3.63) is 40.8 Å². The molecule has 2 aliphatic carbocycles. The largest absolute Gasteiger partial charge is 0.493 e. The van der Waals surface area contributed by atoms with Gasteiger partial charge in [-0.1, -0.05) is 27.7 Å². The highest BCUT2D eigenvalue weighted by molar-refractivity contribution is 5.82. The van der Waals surface area contributed by atoms with E-state index in [0.717, 1.165) is 11.8 Å². The lowest BCUT2D eigenvalue weighted by Gasteiger charge is -2.61. The monoisotopic (exact) mass is 440 g/mol. The second kappa shape index (κ2) is 8.05. The molecule has 0 spiro atoms. The van der Waals surface area contributed by atoms with E-state index in [1.165, 1.54) is 13.0 Å². The molecule has 6 heteroatoms. The third kappa shape index (κ3) is 3.63. The Labute approximate surface area is 188 Å². The van der Waals surface area contributed by atoms with Crippen molar-refractivity contribution >= 4 is 22.7 Å². The number of benzene rings is 1. The predicted octanol–water partition coefficient (Wildman–Crippen LogP) is 4.77. The molecule has 6 atom stereocenters. The number of rotatable bonds is 4. The molecule has 32 heavy (non-hydrogen) atoms. The van der Waals surface area contributed by atoms with Gasteiger partial charge in [0.2, 0.25) is 0 Å². The standard InChI is InChI=1S/C26H32O6/c1-15-12-23(31-17(3)27)26(5)16(2)20(28)9-10-22(26)25(15,4)14-30-19-8-6-18-7-11-24(29)32-21(18)13-19/h6-8,11,13,15-16,22-23H,9-10,12,14H2,1-5H3/t15-,16+,22+,23-,25+,26-/m1/s1. The molecule has 0 aliphatic heterocycles. The first-order chi connectivity index (χ1) is 15.1. The molecule has 0 unspecified atom stereocenters. The molecule has 0 saturated heterocycles. The van der Waals surface area contributed by atoms with Crippen molar-refractivity contribution in [2.45, 2.75) is 60.0 Å². The van der Waals surface area contributed by atoms with E-state index >= 15 is 0 Å². The average molecular weight is 441 g/mol. The number of ketones is 1. The maximum Gasteiger partial charge on any atom is 0.336 e. The lowest BCUT2D eigenvalue weighted by molar-refractivity contribution is -0.203. The van der Waals surface area contributed by atoms with Crippen molar-refractivity contribution in [2.24, 2.45) is 28.6 Å². The fourth-order valence-electron chi connectivity index (χ4n) is 6.18. The normalized spacial score (nSPS) is 34.7. The number of hydrogen-bond acceptors (Lipinski definition) is 6. The molecule has 1 heterocycles. The lowest BCUT2D eigenvalue weighted by atomic mass is 9.44. The van der Waals surface area contributed by atoms with E-state index in [4.69, 9.17) is 13.9 Å². The molecule has 1 aromatic carbocycles. The van der Waals surface area contributed by atoms with Gasteiger partial charge in [0.15, 0.2) is 0 Å². The minimum atomic E-state index is -0.443. The molecular weight excluding hydrogens is 408 g/mol. The maximum absolute atomic E-state index is 12.7. The zero-order valence-corrected chi connectivity index (χ0v) is 19.5. The Kier molecular flexibility index (Phi) is 5.68. The van der Waals surface area contributed by atoms with Crippen LogP contribution in [0.3, 0.4) is 0 Å². The van der Waals surface area contributed by atoms with E-state index in [9.17, 15) is 14.4 Å². The van der Waals surface area contributed by atoms with Crippen LogP contribution < -0.4 is 10.4 Å². The number of hydrogen-bond donors (Lipinski definition) is 0. The van der Waals surface area contributed by atoms with Crippen molar-refractivity contribution in [2.75, 3.05) is 6.61 Å². The first-order valence-electron chi connectivity index (χ1n) is 11.4. The van der Waals surface area contributed by atoms with E-state index in [0.29, 0.717) is 30.8 Å². The van der Waals surface area contributed by atoms with Gasteiger partial charge in [0.05, 0.1) is 6.61 Å². The molecule has 0 radical (unpaired) electrons. The summed E-state index contributed by atoms with van der Waals surface area (Å²) >= 11 is 0. The fraction of sp³-hybridized carbons (Fsp3) is 0.577. The minimum Gasteiger partial charge on any atom is -0.493 e. The van der Waals surface area contributed by atoms with Crippen LogP contribution in [-0.4, -0.2) is 24.5 Å². The third-order valence-corrected chi connectivity index (χ3v) is 8.48. The Hall–Kier alpha value is -2.63. The van der Waals surface area contributed by atoms with E-state index < -0.39 is 11.0 Å². The Balaban J connectivity index is 1.64. The molecule has 172 valence electrons. The van der Waals surface area contributed by atoms with Crippen LogP contribution >= 0.6 is 0 Å². The molecule has 2 aliphatic rings. The molecule has 6 nitrogen and oxygen atoms in total. The average Bonchev–Trinajstić information content (AvgIpc) is 2.74. The molecule has 1 aromatic heterocycles. The summed E-state index contributed by atoms with van der Waals surface area (Å²) in [6.07, 6.45) is 1.70. The molecular formula is C26H32O6. The van der Waals surface area contributed by atoms with Crippen LogP contribution in [-0.2, 0) is 14.3 Å². The van der Waals surface area contributed by atoms with E-state index in [2.05, 4.69) is 20.8 Å². The summed E-state index contributed by atoms with van der Waals surface area (Å²) in [6, 6.07) is 8.65. The second-order valence-corrected chi connectivity index (χ2v) is 10.1. The Morgan fingerprint density at radius 3 is 2.59 bits per heavy atom. The van der Waals surface area contributed by atoms with Gasteiger partial charge in [0.1, 0.15) is 23.2 Å². The van der Waals surface area contributed by atoms with Crippen molar-refractivity contribution in [3.8, 4) is 5.75 Å². The highest BCUT2D eigenvalue weighted by Gasteiger charge is 2.62. The summed E-state index contributed by atoms with van der Waals surface area (Å²) in [5, 5.41) is 0.839. The summed E-state index contributed by atoms with van der Waals surface area (Å²) in [7, 11) is 0. The van der Waals surface area contributed by atoms with Gasteiger partial charge in [-0.25, -0.2) is 4.79 Å². The first-order valence-corrected chi connectivity index (χ1v) is 11.4. The number of carbonyl (C=O) groups is 2. The minimum absolute atomic E-state index is 0.161. The van der Waals surface area contributed by atoms with Gasteiger partial charge in [-0.05, 0) is 42.9 Å². The van der Waals surface area contributed by atoms with Crippen LogP contribution in [0.15, 0.2) is 39.5 Å². The number of carbonyl (C=O) groups excluding carboxylic acids is 2. The topological polar surface area (TPSA) is 82.8 Å². The van der Waals surface area contributed by atoms with Gasteiger partial charge in [0.25, 0.3) is 0 Å². The highest BCUT2D eigenvalue weighted by Crippen LogP contribution is 2.61. The number of Topliss-reactive ketones (excluding diaryl/α,β-unsaturated/α-hetero) is 1. The van der Waals surface area contributed by atoms with Crippen LogP contribution in [0.4, 0.5) is 0 Å². The van der Waals surface area contributed by atoms with Crippen molar-refractivity contribution < 1.29 is 23.5 Å². The maximum atomic E-state index is 12.7. The zero-order valence-electron chi connectivity index (χ0n) is 19.5. The van der Waals surface area contributed by atoms with Gasteiger partial charge in [-0.2, -0.15) is 0 Å². The Morgan fingerprint density at radius 2 is 1.88 bits per heavy atom. The van der Waals surface area contributed by atoms with E-state index in [1.807, 2.05) is 19.1 Å². The number of ether oxygens (including phenoxy) is 2. The Bertz CT molecular complexity index is 1100. The molecule has 2 aromatic rings. The van der Waals surface area contributed by atoms with Gasteiger partial charge < -0.3 is 13.9 Å². The van der Waals surface area contributed by atoms with Crippen LogP contribution in [0.1, 0.15) is 53.9 Å². The summed E-state index contributed by atoms with van der Waals surface area (Å²) < 4.78 is 17.4. The molecule has 2 fully saturated rings. The van der Waals surface area contributed by atoms with Crippen molar-refractivity contribution in [1.82, 2.24) is 0 Å². The zero-order chi connectivity index (χ0) is 23.3. The van der Waals surface area contributed by atoms with Crippen LogP contribution in [0.2, 0.25) is 0 Å². The summed E-state index contributed by atoms with van der Waals surface area (Å²) in [4.78, 5) is 36.1. The van der Waals surface area contributed by atoms with Crippen LogP contribution in [0, 0.1) is 28.6 Å². The fourth-order valence-corrected chi connectivity index (χ4v) is 6.18. The van der Waals surface area contributed by atoms with Crippen LogP contribution in [0.5, 0.6) is 5.75 Å². The third-order valence-electron chi connectivity index (χ3n) is 8.48. The van der Waals surface area contributed by atoms with Crippen molar-refractivity contribution in [3.63, 3.8) is 0 Å². The summed E-state index contributed by atoms with van der Waals surface area (Å²) in [6.45, 7) is 10.4. The lowest BCUT2D eigenvalue weighted by Crippen LogP contribution is -2.63. The Morgan fingerprint density at radius 1 is 1.16 bits per heavy atom. The molecule has 0 N–H and O–H groups in total. The molecule has 0 amide bonds. The summed E-state index contributed by atoms with van der Waals surface area (Å²) in [5.41, 5.74) is -0.557. The van der Waals surface area contributed by atoms with Gasteiger partial charge >= 0.3 is 11.6 Å². The van der Waals surface area contributed by atoms with E-state index in [-0.39, 0.29) is 41.0 Å². The quantitative estimate of drug-likeness (QED) is 0.503. The van der Waals surface area contributed by atoms with Crippen molar-refractivity contribution in [1.29, 1.82) is 0 Å². The van der Waals surface area contributed by atoms with Crippen LogP contribution in [0.25, 0.3) is 11.0 Å². The molecule has 2 saturated carbocycles. The first kappa shape index (κ1) is 22.6. The molecule has 0 bridgehead atoms. The molecule has 4 rings (SSSR count). The van der Waals surface area contributed by atoms with E-state index in [1.54, 1.807) is 12.1 Å². The SMILES string of the molecule is CC(=O)O[C@@H]1C[C@@H](C)[C@](C)(COc2ccc3ccc(=O)oc3c2)[C@@H]2CCC(=O)[C@H](C)[C@@]12C. The highest BCUT2D eigenvalue weighted by atomic mass is 16.5. The predicted molar refractivity (Wildman–Crippen MR) is 120 cm³/mol.